The molecule has 1 aliphatic heterocycles. The van der Waals surface area contributed by atoms with Gasteiger partial charge in [0.15, 0.2) is 0 Å². The van der Waals surface area contributed by atoms with E-state index in [1.54, 1.807) is 6.20 Å². The van der Waals surface area contributed by atoms with Crippen LogP contribution in [0.5, 0.6) is 0 Å². The molecule has 0 amide bonds. The summed E-state index contributed by atoms with van der Waals surface area (Å²) in [6.45, 7) is 3.36. The summed E-state index contributed by atoms with van der Waals surface area (Å²) in [6.07, 6.45) is 4.26. The lowest BCUT2D eigenvalue weighted by atomic mass is 10.2. The Bertz CT molecular complexity index is 286. The Morgan fingerprint density at radius 3 is 3.00 bits per heavy atom. The maximum Gasteiger partial charge on any atom is 0.128 e. The van der Waals surface area contributed by atoms with E-state index in [0.717, 1.165) is 18.1 Å². The Hall–Kier alpha value is -1.25. The number of hydrogen-bond donors (Lipinski definition) is 1. The highest BCUT2D eigenvalue weighted by Gasteiger charge is 2.20. The number of hydrogen-bond acceptors (Lipinski definition) is 3. The first-order chi connectivity index (χ1) is 6.27. The molecule has 0 radical (unpaired) electrons. The minimum atomic E-state index is 0. The van der Waals surface area contributed by atoms with Crippen molar-refractivity contribution >= 4 is 11.5 Å². The molecule has 1 atom stereocenters. The predicted octanol–water partition coefficient (Wildman–Crippen LogP) is 1.90. The van der Waals surface area contributed by atoms with Gasteiger partial charge in [-0.1, -0.05) is 0 Å². The van der Waals surface area contributed by atoms with Crippen molar-refractivity contribution in [2.45, 2.75) is 25.8 Å². The maximum atomic E-state index is 5.58. The molecule has 0 spiro atoms. The van der Waals surface area contributed by atoms with Crippen molar-refractivity contribution in [2.24, 2.45) is 0 Å². The SMILES string of the molecule is CC1CCCN1c1ccc(N)cn1.[HH]. The average molecular weight is 179 g/mol. The lowest BCUT2D eigenvalue weighted by Gasteiger charge is -2.22. The molecular formula is C10H17N3. The largest absolute Gasteiger partial charge is 0.397 e. The molecule has 3 heteroatoms. The van der Waals surface area contributed by atoms with Crippen LogP contribution in [0.1, 0.15) is 21.2 Å². The van der Waals surface area contributed by atoms with Crippen LogP contribution in [0.15, 0.2) is 18.3 Å². The summed E-state index contributed by atoms with van der Waals surface area (Å²) in [5.74, 6) is 1.05. The van der Waals surface area contributed by atoms with Gasteiger partial charge < -0.3 is 10.6 Å². The normalized spacial score (nSPS) is 22.2. The van der Waals surface area contributed by atoms with E-state index < -0.39 is 0 Å². The van der Waals surface area contributed by atoms with E-state index in [0.29, 0.717) is 6.04 Å². The summed E-state index contributed by atoms with van der Waals surface area (Å²) in [6, 6.07) is 4.53. The van der Waals surface area contributed by atoms with E-state index in [4.69, 9.17) is 5.73 Å². The zero-order valence-corrected chi connectivity index (χ0v) is 7.90. The molecule has 1 saturated heterocycles. The lowest BCUT2D eigenvalue weighted by molar-refractivity contribution is 0.727. The molecule has 0 bridgehead atoms. The van der Waals surface area contributed by atoms with E-state index in [-0.39, 0.29) is 1.43 Å². The van der Waals surface area contributed by atoms with Gasteiger partial charge in [0.25, 0.3) is 0 Å². The van der Waals surface area contributed by atoms with E-state index in [9.17, 15) is 0 Å². The van der Waals surface area contributed by atoms with Crippen molar-refractivity contribution < 1.29 is 1.43 Å². The van der Waals surface area contributed by atoms with Gasteiger partial charge in [0.05, 0.1) is 11.9 Å². The van der Waals surface area contributed by atoms with Crippen LogP contribution in [0, 0.1) is 0 Å². The number of rotatable bonds is 1. The number of pyridine rings is 1. The Morgan fingerprint density at radius 1 is 1.62 bits per heavy atom. The summed E-state index contributed by atoms with van der Waals surface area (Å²) >= 11 is 0. The first-order valence-electron chi connectivity index (χ1n) is 4.75. The van der Waals surface area contributed by atoms with Crippen LogP contribution in [-0.4, -0.2) is 17.6 Å². The van der Waals surface area contributed by atoms with E-state index in [1.165, 1.54) is 12.8 Å². The van der Waals surface area contributed by atoms with Gasteiger partial charge in [0.1, 0.15) is 5.82 Å². The number of anilines is 2. The van der Waals surface area contributed by atoms with E-state index in [1.807, 2.05) is 12.1 Å². The molecule has 1 aromatic heterocycles. The second-order valence-electron chi connectivity index (χ2n) is 3.63. The highest BCUT2D eigenvalue weighted by molar-refractivity contribution is 5.46. The van der Waals surface area contributed by atoms with Gasteiger partial charge in [-0.25, -0.2) is 4.98 Å². The summed E-state index contributed by atoms with van der Waals surface area (Å²) in [5.41, 5.74) is 6.31. The van der Waals surface area contributed by atoms with Crippen LogP contribution in [0.2, 0.25) is 0 Å². The van der Waals surface area contributed by atoms with E-state index >= 15 is 0 Å². The smallest absolute Gasteiger partial charge is 0.128 e. The van der Waals surface area contributed by atoms with Gasteiger partial charge in [0.2, 0.25) is 0 Å². The number of nitrogens with zero attached hydrogens (tertiary/aromatic N) is 2. The lowest BCUT2D eigenvalue weighted by Crippen LogP contribution is -2.26. The molecule has 0 aliphatic carbocycles. The fourth-order valence-corrected chi connectivity index (χ4v) is 1.84. The van der Waals surface area contributed by atoms with Crippen LogP contribution < -0.4 is 10.6 Å². The molecule has 3 nitrogen and oxygen atoms in total. The number of nitrogens with two attached hydrogens (primary N) is 1. The first kappa shape index (κ1) is 8.35. The minimum Gasteiger partial charge on any atom is -0.397 e. The third kappa shape index (κ3) is 1.59. The minimum absolute atomic E-state index is 0. The highest BCUT2D eigenvalue weighted by atomic mass is 15.2. The van der Waals surface area contributed by atoms with Gasteiger partial charge >= 0.3 is 0 Å². The molecule has 2 N–H and O–H groups in total. The molecule has 13 heavy (non-hydrogen) atoms. The molecule has 1 aromatic rings. The van der Waals surface area contributed by atoms with Crippen LogP contribution in [0.3, 0.4) is 0 Å². The molecule has 1 fully saturated rings. The van der Waals surface area contributed by atoms with Gasteiger partial charge in [-0.05, 0) is 31.9 Å². The third-order valence-corrected chi connectivity index (χ3v) is 2.62. The van der Waals surface area contributed by atoms with Crippen LogP contribution >= 0.6 is 0 Å². The third-order valence-electron chi connectivity index (χ3n) is 2.62. The topological polar surface area (TPSA) is 42.1 Å². The second kappa shape index (κ2) is 3.24. The molecule has 1 aliphatic rings. The van der Waals surface area contributed by atoms with Gasteiger partial charge in [-0.3, -0.25) is 0 Å². The second-order valence-corrected chi connectivity index (χ2v) is 3.63. The predicted molar refractivity (Wildman–Crippen MR) is 56.8 cm³/mol. The average Bonchev–Trinajstić information content (AvgIpc) is 2.53. The first-order valence-corrected chi connectivity index (χ1v) is 4.75. The van der Waals surface area contributed by atoms with Crippen LogP contribution in [-0.2, 0) is 0 Å². The number of nitrogen functional groups attached to an aromatic ring is 1. The monoisotopic (exact) mass is 179 g/mol. The Labute approximate surface area is 80.1 Å². The summed E-state index contributed by atoms with van der Waals surface area (Å²) in [7, 11) is 0. The van der Waals surface area contributed by atoms with Gasteiger partial charge in [-0.2, -0.15) is 0 Å². The van der Waals surface area contributed by atoms with Crippen molar-refractivity contribution in [2.75, 3.05) is 17.2 Å². The Morgan fingerprint density at radius 2 is 2.46 bits per heavy atom. The maximum absolute atomic E-state index is 5.58. The summed E-state index contributed by atoms with van der Waals surface area (Å²) in [5, 5.41) is 0. The zero-order valence-electron chi connectivity index (χ0n) is 7.90. The van der Waals surface area contributed by atoms with E-state index in [2.05, 4.69) is 16.8 Å². The quantitative estimate of drug-likeness (QED) is 0.716. The summed E-state index contributed by atoms with van der Waals surface area (Å²) in [4.78, 5) is 6.64. The zero-order chi connectivity index (χ0) is 9.26. The van der Waals surface area contributed by atoms with Crippen LogP contribution in [0.4, 0.5) is 11.5 Å². The molecule has 1 unspecified atom stereocenters. The van der Waals surface area contributed by atoms with Crippen molar-refractivity contribution in [1.82, 2.24) is 4.98 Å². The fourth-order valence-electron chi connectivity index (χ4n) is 1.84. The molecule has 2 heterocycles. The van der Waals surface area contributed by atoms with Gasteiger partial charge in [0, 0.05) is 14.0 Å². The Kier molecular flexibility index (Phi) is 2.08. The molecule has 2 rings (SSSR count). The standard InChI is InChI=1S/C10H15N3.H2/c1-8-3-2-6-13(8)10-5-4-9(11)7-12-10;/h4-5,7-8H,2-3,6,11H2,1H3;1H. The number of aromatic nitrogens is 1. The van der Waals surface area contributed by atoms with Crippen molar-refractivity contribution in [3.05, 3.63) is 18.3 Å². The van der Waals surface area contributed by atoms with Crippen molar-refractivity contribution in [1.29, 1.82) is 0 Å². The molecular weight excluding hydrogens is 162 g/mol. The van der Waals surface area contributed by atoms with Crippen molar-refractivity contribution in [3.8, 4) is 0 Å². The fraction of sp³-hybridized carbons (Fsp3) is 0.500. The molecule has 0 saturated carbocycles. The van der Waals surface area contributed by atoms with Crippen molar-refractivity contribution in [3.63, 3.8) is 0 Å². The van der Waals surface area contributed by atoms with Gasteiger partial charge in [-0.15, -0.1) is 0 Å². The van der Waals surface area contributed by atoms with Crippen LogP contribution in [0.25, 0.3) is 0 Å². The highest BCUT2D eigenvalue weighted by Crippen LogP contribution is 2.23. The molecule has 72 valence electrons. The summed E-state index contributed by atoms with van der Waals surface area (Å²) < 4.78 is 0. The Balaban J connectivity index is 0.000000980. The molecule has 0 aromatic carbocycles.